The topological polar surface area (TPSA) is 130 Å². The van der Waals surface area contributed by atoms with Gasteiger partial charge in [-0.05, 0) is 23.8 Å². The normalized spacial score (nSPS) is 17.9. The van der Waals surface area contributed by atoms with Crippen LogP contribution in [0.3, 0.4) is 0 Å². The largest absolute Gasteiger partial charge is 0.507 e. The number of benzene rings is 2. The van der Waals surface area contributed by atoms with Crippen LogP contribution in [-0.2, 0) is 14.3 Å². The van der Waals surface area contributed by atoms with Gasteiger partial charge in [0.25, 0.3) is 17.4 Å². The van der Waals surface area contributed by atoms with E-state index in [0.29, 0.717) is 10.6 Å². The number of non-ortho nitro benzene ring substituents is 1. The van der Waals surface area contributed by atoms with Crippen molar-refractivity contribution < 1.29 is 29.5 Å². The molecule has 1 unspecified atom stereocenters. The fraction of sp³-hybridized carbons (Fsp3) is 0.238. The van der Waals surface area contributed by atoms with Gasteiger partial charge in [-0.2, -0.15) is 0 Å². The minimum absolute atomic E-state index is 0.0253. The fourth-order valence-electron chi connectivity index (χ4n) is 3.36. The number of carbonyl (C=O) groups is 2. The number of ketones is 1. The molecule has 9 nitrogen and oxygen atoms in total. The molecule has 1 aliphatic heterocycles. The third-order valence-electron chi connectivity index (χ3n) is 4.80. The molecule has 10 heteroatoms. The predicted octanol–water partition coefficient (Wildman–Crippen LogP) is 2.68. The van der Waals surface area contributed by atoms with E-state index in [2.05, 4.69) is 0 Å². The molecule has 0 bridgehead atoms. The highest BCUT2D eigenvalue weighted by Gasteiger charge is 2.46. The minimum Gasteiger partial charge on any atom is -0.507 e. The smallest absolute Gasteiger partial charge is 0.295 e. The van der Waals surface area contributed by atoms with Gasteiger partial charge in [-0.15, -0.1) is 0 Å². The van der Waals surface area contributed by atoms with E-state index < -0.39 is 28.4 Å². The van der Waals surface area contributed by atoms with Crippen LogP contribution in [-0.4, -0.2) is 58.1 Å². The molecule has 162 valence electrons. The third kappa shape index (κ3) is 4.58. The Morgan fingerprint density at radius 2 is 1.81 bits per heavy atom. The Bertz CT molecular complexity index is 1040. The van der Waals surface area contributed by atoms with E-state index in [9.17, 15) is 24.8 Å². The molecule has 1 atom stereocenters. The highest BCUT2D eigenvalue weighted by atomic mass is 35.5. The van der Waals surface area contributed by atoms with Gasteiger partial charge in [-0.3, -0.25) is 19.7 Å². The monoisotopic (exact) mass is 446 g/mol. The summed E-state index contributed by atoms with van der Waals surface area (Å²) in [6.45, 7) is -0.0278. The molecular formula is C21H19ClN2O7. The third-order valence-corrected chi connectivity index (χ3v) is 5.15. The van der Waals surface area contributed by atoms with E-state index in [1.165, 1.54) is 29.2 Å². The molecule has 1 aliphatic rings. The molecule has 2 aromatic carbocycles. The zero-order valence-corrected chi connectivity index (χ0v) is 17.0. The highest BCUT2D eigenvalue weighted by Crippen LogP contribution is 2.41. The molecule has 31 heavy (non-hydrogen) atoms. The van der Waals surface area contributed by atoms with Crippen molar-refractivity contribution in [2.45, 2.75) is 6.04 Å². The lowest BCUT2D eigenvalue weighted by Gasteiger charge is -2.26. The first-order valence-corrected chi connectivity index (χ1v) is 9.71. The fourth-order valence-corrected chi connectivity index (χ4v) is 3.60. The van der Waals surface area contributed by atoms with Gasteiger partial charge in [0, 0.05) is 29.3 Å². The maximum absolute atomic E-state index is 12.8. The summed E-state index contributed by atoms with van der Waals surface area (Å²) < 4.78 is 5.23. The number of hydrogen-bond acceptors (Lipinski definition) is 7. The predicted molar refractivity (Wildman–Crippen MR) is 111 cm³/mol. The van der Waals surface area contributed by atoms with Gasteiger partial charge in [0.1, 0.15) is 5.76 Å². The minimum atomic E-state index is -0.971. The molecule has 0 spiro atoms. The summed E-state index contributed by atoms with van der Waals surface area (Å²) in [6, 6.07) is 10.6. The molecule has 2 N–H and O–H groups in total. The first-order chi connectivity index (χ1) is 14.9. The number of Topliss-reactive ketones (excluding diaryl/α,β-unsaturated/α-hetero) is 1. The van der Waals surface area contributed by atoms with Crippen LogP contribution in [0.25, 0.3) is 5.76 Å². The number of nitro groups is 1. The quantitative estimate of drug-likeness (QED) is 0.159. The number of ether oxygens (including phenoxy) is 1. The van der Waals surface area contributed by atoms with Crippen molar-refractivity contribution in [2.75, 3.05) is 26.4 Å². The number of nitro benzene ring substituents is 1. The van der Waals surface area contributed by atoms with Crippen molar-refractivity contribution >= 4 is 34.7 Å². The summed E-state index contributed by atoms with van der Waals surface area (Å²) >= 11 is 6.33. The van der Waals surface area contributed by atoms with E-state index in [0.717, 1.165) is 0 Å². The number of nitrogens with zero attached hydrogens (tertiary/aromatic N) is 2. The number of halogens is 1. The Morgan fingerprint density at radius 3 is 2.42 bits per heavy atom. The second-order valence-corrected chi connectivity index (χ2v) is 7.06. The number of aliphatic hydroxyl groups excluding tert-OH is 2. The number of aliphatic hydroxyl groups is 2. The molecule has 1 saturated heterocycles. The lowest BCUT2D eigenvalue weighted by atomic mass is 9.95. The number of likely N-dealkylation sites (tertiary alicyclic amines) is 1. The first kappa shape index (κ1) is 22.4. The molecule has 3 rings (SSSR count). The highest BCUT2D eigenvalue weighted by molar-refractivity contribution is 6.47. The van der Waals surface area contributed by atoms with E-state index >= 15 is 0 Å². The Kier molecular flexibility index (Phi) is 7.01. The van der Waals surface area contributed by atoms with Crippen LogP contribution in [0.2, 0.25) is 5.02 Å². The Labute approximate surface area is 182 Å². The Hall–Kier alpha value is -3.27. The van der Waals surface area contributed by atoms with Gasteiger partial charge in [0.05, 0.1) is 36.4 Å². The number of carbonyl (C=O) groups excluding carboxylic acids is 2. The summed E-state index contributed by atoms with van der Waals surface area (Å²) in [4.78, 5) is 37.1. The SMILES string of the molecule is O=C1C(=O)N(CCOCCO)C(c2ccccc2Cl)/C1=C(\O)c1ccc([N+](=O)[O-])cc1. The van der Waals surface area contributed by atoms with Gasteiger partial charge in [-0.1, -0.05) is 29.8 Å². The lowest BCUT2D eigenvalue weighted by molar-refractivity contribution is -0.384. The summed E-state index contributed by atoms with van der Waals surface area (Å²) in [6.07, 6.45) is 0. The summed E-state index contributed by atoms with van der Waals surface area (Å²) in [5.41, 5.74) is 0.237. The van der Waals surface area contributed by atoms with Crippen LogP contribution in [0.15, 0.2) is 54.1 Å². The van der Waals surface area contributed by atoms with Gasteiger partial charge in [-0.25, -0.2) is 0 Å². The zero-order valence-electron chi connectivity index (χ0n) is 16.2. The molecule has 1 heterocycles. The van der Waals surface area contributed by atoms with Gasteiger partial charge >= 0.3 is 0 Å². The van der Waals surface area contributed by atoms with Crippen LogP contribution >= 0.6 is 11.6 Å². The van der Waals surface area contributed by atoms with Crippen molar-refractivity contribution in [2.24, 2.45) is 0 Å². The number of hydrogen-bond donors (Lipinski definition) is 2. The van der Waals surface area contributed by atoms with Crippen LogP contribution in [0.4, 0.5) is 5.69 Å². The van der Waals surface area contributed by atoms with Crippen LogP contribution in [0.1, 0.15) is 17.2 Å². The standard InChI is InChI=1S/C21H19ClN2O7/c22-16-4-2-1-3-15(16)18-17(19(26)13-5-7-14(8-6-13)24(29)30)20(27)21(28)23(18)9-11-31-12-10-25/h1-8,18,25-26H,9-12H2/b19-17+. The van der Waals surface area contributed by atoms with E-state index in [1.807, 2.05) is 0 Å². The zero-order chi connectivity index (χ0) is 22.5. The van der Waals surface area contributed by atoms with Crippen molar-refractivity contribution in [3.63, 3.8) is 0 Å². The summed E-state index contributed by atoms with van der Waals surface area (Å²) in [5, 5.41) is 30.9. The average Bonchev–Trinajstić information content (AvgIpc) is 3.01. The Morgan fingerprint density at radius 1 is 1.13 bits per heavy atom. The van der Waals surface area contributed by atoms with Crippen LogP contribution < -0.4 is 0 Å². The van der Waals surface area contributed by atoms with Gasteiger partial charge < -0.3 is 19.8 Å². The molecule has 1 fully saturated rings. The molecule has 0 aromatic heterocycles. The Balaban J connectivity index is 2.08. The lowest BCUT2D eigenvalue weighted by Crippen LogP contribution is -2.33. The van der Waals surface area contributed by atoms with E-state index in [-0.39, 0.29) is 43.2 Å². The van der Waals surface area contributed by atoms with E-state index in [4.69, 9.17) is 21.4 Å². The van der Waals surface area contributed by atoms with Crippen LogP contribution in [0, 0.1) is 10.1 Å². The van der Waals surface area contributed by atoms with Crippen molar-refractivity contribution in [1.82, 2.24) is 4.90 Å². The maximum Gasteiger partial charge on any atom is 0.295 e. The molecule has 2 aromatic rings. The summed E-state index contributed by atoms with van der Waals surface area (Å²) in [7, 11) is 0. The molecule has 1 amide bonds. The molecule has 0 radical (unpaired) electrons. The van der Waals surface area contributed by atoms with Crippen molar-refractivity contribution in [1.29, 1.82) is 0 Å². The second-order valence-electron chi connectivity index (χ2n) is 6.65. The van der Waals surface area contributed by atoms with Crippen molar-refractivity contribution in [3.8, 4) is 0 Å². The van der Waals surface area contributed by atoms with E-state index in [1.54, 1.807) is 24.3 Å². The first-order valence-electron chi connectivity index (χ1n) is 9.33. The molecule has 0 aliphatic carbocycles. The number of rotatable bonds is 8. The van der Waals surface area contributed by atoms with Crippen molar-refractivity contribution in [3.05, 3.63) is 80.4 Å². The van der Waals surface area contributed by atoms with Gasteiger partial charge in [0.2, 0.25) is 0 Å². The maximum atomic E-state index is 12.8. The van der Waals surface area contributed by atoms with Gasteiger partial charge in [0.15, 0.2) is 0 Å². The molecule has 0 saturated carbocycles. The van der Waals surface area contributed by atoms with Crippen LogP contribution in [0.5, 0.6) is 0 Å². The number of amides is 1. The average molecular weight is 447 g/mol. The summed E-state index contributed by atoms with van der Waals surface area (Å²) in [5.74, 6) is -2.19. The second kappa shape index (κ2) is 9.69. The molecular weight excluding hydrogens is 428 g/mol.